The molecule has 0 radical (unpaired) electrons. The molecule has 2 N–H and O–H groups in total. The Balaban J connectivity index is 2.14. The van der Waals surface area contributed by atoms with Gasteiger partial charge < -0.3 is 20.1 Å². The molecule has 0 spiro atoms. The molecule has 19 heavy (non-hydrogen) atoms. The number of halogens is 3. The molecule has 0 aromatic rings. The highest BCUT2D eigenvalue weighted by Gasteiger charge is 2.22. The van der Waals surface area contributed by atoms with Crippen molar-refractivity contribution in [3.63, 3.8) is 0 Å². The zero-order valence-electron chi connectivity index (χ0n) is 9.87. The summed E-state index contributed by atoms with van der Waals surface area (Å²) in [4.78, 5) is 23.2. The van der Waals surface area contributed by atoms with E-state index in [1.165, 1.54) is 4.90 Å². The molecule has 2 amide bonds. The second-order valence-corrected chi connectivity index (χ2v) is 6.41. The van der Waals surface area contributed by atoms with Crippen LogP contribution >= 0.6 is 34.8 Å². The van der Waals surface area contributed by atoms with Gasteiger partial charge in [-0.15, -0.1) is 0 Å². The summed E-state index contributed by atoms with van der Waals surface area (Å²) in [7, 11) is 0. The fourth-order valence-corrected chi connectivity index (χ4v) is 1.63. The number of hydrogen-bond donors (Lipinski definition) is 2. The van der Waals surface area contributed by atoms with Crippen molar-refractivity contribution < 1.29 is 19.4 Å². The summed E-state index contributed by atoms with van der Waals surface area (Å²) >= 11 is 16.2. The van der Waals surface area contributed by atoms with Crippen molar-refractivity contribution in [2.45, 2.75) is 10.2 Å². The molecule has 1 aliphatic heterocycles. The molecule has 0 fully saturated rings. The van der Waals surface area contributed by atoms with Crippen molar-refractivity contribution in [2.24, 2.45) is 0 Å². The molecule has 0 bridgehead atoms. The third-order valence-electron chi connectivity index (χ3n) is 2.35. The number of alkyl halides is 3. The van der Waals surface area contributed by atoms with E-state index in [9.17, 15) is 9.59 Å². The summed E-state index contributed by atoms with van der Waals surface area (Å²) in [5, 5.41) is 11.2. The maximum absolute atomic E-state index is 11.2. The van der Waals surface area contributed by atoms with E-state index in [2.05, 4.69) is 10.1 Å². The number of nitrogens with one attached hydrogen (secondary N) is 1. The Hall–Kier alpha value is -0.850. The smallest absolute Gasteiger partial charge is 0.407 e. The predicted octanol–water partition coefficient (Wildman–Crippen LogP) is 2.39. The lowest BCUT2D eigenvalue weighted by atomic mass is 10.2. The Labute approximate surface area is 125 Å². The minimum Gasteiger partial charge on any atom is -0.465 e. The van der Waals surface area contributed by atoms with Gasteiger partial charge in [0.05, 0.1) is 0 Å². The largest absolute Gasteiger partial charge is 0.465 e. The van der Waals surface area contributed by atoms with Gasteiger partial charge in [0.15, 0.2) is 0 Å². The Morgan fingerprint density at radius 3 is 2.68 bits per heavy atom. The fraction of sp³-hybridized carbons (Fsp3) is 0.600. The van der Waals surface area contributed by atoms with Crippen LogP contribution < -0.4 is 5.32 Å². The molecular formula is C10H13Cl3N2O4. The molecule has 0 saturated heterocycles. The lowest BCUT2D eigenvalue weighted by Crippen LogP contribution is -2.30. The van der Waals surface area contributed by atoms with Gasteiger partial charge in [-0.25, -0.2) is 9.59 Å². The van der Waals surface area contributed by atoms with Crippen LogP contribution in [-0.4, -0.2) is 52.2 Å². The molecule has 0 aliphatic carbocycles. The highest BCUT2D eigenvalue weighted by atomic mass is 35.6. The van der Waals surface area contributed by atoms with Crippen LogP contribution in [0.25, 0.3) is 0 Å². The molecule has 0 saturated carbocycles. The van der Waals surface area contributed by atoms with Crippen LogP contribution in [0.1, 0.15) is 6.42 Å². The number of rotatable bonds is 4. The summed E-state index contributed by atoms with van der Waals surface area (Å²) in [6.07, 6.45) is 0.732. The molecule has 0 aromatic heterocycles. The summed E-state index contributed by atoms with van der Waals surface area (Å²) < 4.78 is 3.03. The second-order valence-electron chi connectivity index (χ2n) is 3.89. The van der Waals surface area contributed by atoms with Gasteiger partial charge in [-0.3, -0.25) is 0 Å². The molecular weight excluding hydrogens is 318 g/mol. The average molecular weight is 332 g/mol. The Morgan fingerprint density at radius 2 is 2.16 bits per heavy atom. The second kappa shape index (κ2) is 7.07. The molecule has 1 heterocycles. The lowest BCUT2D eigenvalue weighted by Gasteiger charge is -2.13. The van der Waals surface area contributed by atoms with E-state index < -0.39 is 16.0 Å². The number of hydrogen-bond acceptors (Lipinski definition) is 3. The van der Waals surface area contributed by atoms with Crippen LogP contribution in [0.4, 0.5) is 9.59 Å². The first kappa shape index (κ1) is 16.2. The molecule has 6 nitrogen and oxygen atoms in total. The molecule has 0 aromatic carbocycles. The van der Waals surface area contributed by atoms with E-state index in [1.54, 1.807) is 0 Å². The average Bonchev–Trinajstić information content (AvgIpc) is 2.74. The quantitative estimate of drug-likeness (QED) is 0.612. The van der Waals surface area contributed by atoms with Crippen molar-refractivity contribution in [1.82, 2.24) is 10.2 Å². The van der Waals surface area contributed by atoms with Crippen molar-refractivity contribution in [2.75, 3.05) is 26.2 Å². The minimum absolute atomic E-state index is 0.331. The lowest BCUT2D eigenvalue weighted by molar-refractivity contribution is 0.148. The van der Waals surface area contributed by atoms with Crippen LogP contribution in [0, 0.1) is 0 Å². The van der Waals surface area contributed by atoms with Crippen LogP contribution in [0.2, 0.25) is 0 Å². The van der Waals surface area contributed by atoms with Crippen LogP contribution in [0.5, 0.6) is 0 Å². The molecule has 0 unspecified atom stereocenters. The minimum atomic E-state index is -1.63. The summed E-state index contributed by atoms with van der Waals surface area (Å²) in [5.74, 6) is 0. The van der Waals surface area contributed by atoms with Crippen molar-refractivity contribution in [3.8, 4) is 0 Å². The number of amides is 2. The SMILES string of the molecule is O=C(NCCC1=CCN(C(=O)O)C1)OCC(Cl)(Cl)Cl. The van der Waals surface area contributed by atoms with Gasteiger partial charge in [0.25, 0.3) is 0 Å². The zero-order valence-corrected chi connectivity index (χ0v) is 12.1. The van der Waals surface area contributed by atoms with Gasteiger partial charge >= 0.3 is 12.2 Å². The van der Waals surface area contributed by atoms with Gasteiger partial charge in [-0.2, -0.15) is 0 Å². The van der Waals surface area contributed by atoms with E-state index >= 15 is 0 Å². The van der Waals surface area contributed by atoms with Crippen LogP contribution in [0.15, 0.2) is 11.6 Å². The highest BCUT2D eigenvalue weighted by molar-refractivity contribution is 6.67. The summed E-state index contributed by atoms with van der Waals surface area (Å²) in [6.45, 7) is 0.736. The molecule has 1 aliphatic rings. The fourth-order valence-electron chi connectivity index (χ4n) is 1.46. The van der Waals surface area contributed by atoms with Gasteiger partial charge in [0.2, 0.25) is 3.79 Å². The molecule has 108 valence electrons. The molecule has 0 atom stereocenters. The third-order valence-corrected chi connectivity index (χ3v) is 2.67. The Kier molecular flexibility index (Phi) is 6.03. The summed E-state index contributed by atoms with van der Waals surface area (Å²) in [6, 6.07) is 0. The first-order valence-electron chi connectivity index (χ1n) is 5.41. The number of carboxylic acid groups (broad SMARTS) is 1. The molecule has 9 heteroatoms. The van der Waals surface area contributed by atoms with Gasteiger partial charge in [-0.05, 0) is 6.42 Å². The van der Waals surface area contributed by atoms with Crippen LogP contribution in [-0.2, 0) is 4.74 Å². The van der Waals surface area contributed by atoms with Crippen molar-refractivity contribution in [3.05, 3.63) is 11.6 Å². The van der Waals surface area contributed by atoms with Gasteiger partial charge in [0.1, 0.15) is 6.61 Å². The normalized spacial score (nSPS) is 15.1. The van der Waals surface area contributed by atoms with Gasteiger partial charge in [-0.1, -0.05) is 46.5 Å². The number of ether oxygens (including phenoxy) is 1. The maximum atomic E-state index is 11.2. The number of carbonyl (C=O) groups is 2. The Bertz CT molecular complexity index is 381. The van der Waals surface area contributed by atoms with E-state index in [1.807, 2.05) is 6.08 Å². The highest BCUT2D eigenvalue weighted by Crippen LogP contribution is 2.25. The van der Waals surface area contributed by atoms with Gasteiger partial charge in [0, 0.05) is 19.6 Å². The maximum Gasteiger partial charge on any atom is 0.407 e. The van der Waals surface area contributed by atoms with Crippen molar-refractivity contribution >= 4 is 47.0 Å². The van der Waals surface area contributed by atoms with E-state index in [0.717, 1.165) is 5.57 Å². The molecule has 1 rings (SSSR count). The van der Waals surface area contributed by atoms with E-state index in [-0.39, 0.29) is 6.61 Å². The zero-order chi connectivity index (χ0) is 14.5. The van der Waals surface area contributed by atoms with E-state index in [4.69, 9.17) is 39.9 Å². The summed E-state index contributed by atoms with van der Waals surface area (Å²) in [5.41, 5.74) is 0.948. The standard InChI is InChI=1S/C10H13Cl3N2O4/c11-10(12,13)6-19-8(16)14-3-1-7-2-4-15(5-7)9(17)18/h2H,1,3-6H2,(H,14,16)(H,17,18). The Morgan fingerprint density at radius 1 is 1.47 bits per heavy atom. The monoisotopic (exact) mass is 330 g/mol. The predicted molar refractivity (Wildman–Crippen MR) is 71.9 cm³/mol. The number of alkyl carbamates (subject to hydrolysis) is 1. The van der Waals surface area contributed by atoms with E-state index in [0.29, 0.717) is 26.1 Å². The number of nitrogens with zero attached hydrogens (tertiary/aromatic N) is 1. The third kappa shape index (κ3) is 6.75. The van der Waals surface area contributed by atoms with Crippen molar-refractivity contribution in [1.29, 1.82) is 0 Å². The number of carbonyl (C=O) groups excluding carboxylic acids is 1. The van der Waals surface area contributed by atoms with Crippen LogP contribution in [0.3, 0.4) is 0 Å². The topological polar surface area (TPSA) is 78.9 Å². The first-order valence-corrected chi connectivity index (χ1v) is 6.54. The first-order chi connectivity index (χ1) is 8.78.